The highest BCUT2D eigenvalue weighted by Gasteiger charge is 2.44. The number of hydrogen-bond donors (Lipinski definition) is 1. The maximum absolute atomic E-state index is 15.0. The molecule has 0 fully saturated rings. The first kappa shape index (κ1) is 23.5. The first-order chi connectivity index (χ1) is 17.4. The van der Waals surface area contributed by atoms with Gasteiger partial charge in [-0.3, -0.25) is 9.59 Å². The van der Waals surface area contributed by atoms with Gasteiger partial charge < -0.3 is 29.2 Å². The molecule has 3 aromatic carbocycles. The number of hydrogen-bond acceptors (Lipinski definition) is 6. The SMILES string of the molecule is COc1cc2c(cc1OC)C(C(=O)Nc1ccc3c(c1)OCCO3)C(c1ccccc1F)N(C)C2=O. The molecule has 1 N–H and O–H groups in total. The van der Waals surface area contributed by atoms with Crippen molar-refractivity contribution in [2.45, 2.75) is 12.0 Å². The average Bonchev–Trinajstić information content (AvgIpc) is 2.90. The molecule has 2 amide bonds. The molecule has 0 saturated heterocycles. The van der Waals surface area contributed by atoms with E-state index in [0.717, 1.165) is 0 Å². The Hall–Kier alpha value is -4.27. The number of likely N-dealkylation sites (N-methyl/N-ethyl adjacent to an activating group) is 1. The smallest absolute Gasteiger partial charge is 0.254 e. The second-order valence-electron chi connectivity index (χ2n) is 8.50. The number of halogens is 1. The second kappa shape index (κ2) is 9.41. The number of methoxy groups -OCH3 is 2. The van der Waals surface area contributed by atoms with Crippen molar-refractivity contribution in [3.63, 3.8) is 0 Å². The zero-order chi connectivity index (χ0) is 25.4. The van der Waals surface area contributed by atoms with Gasteiger partial charge in [0.15, 0.2) is 23.0 Å². The third-order valence-corrected chi connectivity index (χ3v) is 6.49. The Morgan fingerprint density at radius 3 is 2.39 bits per heavy atom. The van der Waals surface area contributed by atoms with Crippen molar-refractivity contribution in [2.75, 3.05) is 39.8 Å². The van der Waals surface area contributed by atoms with Crippen LogP contribution in [0.4, 0.5) is 10.1 Å². The van der Waals surface area contributed by atoms with Gasteiger partial charge in [-0.15, -0.1) is 0 Å². The lowest BCUT2D eigenvalue weighted by molar-refractivity contribution is -0.119. The van der Waals surface area contributed by atoms with Gasteiger partial charge in [-0.05, 0) is 35.9 Å². The Bertz CT molecular complexity index is 1340. The van der Waals surface area contributed by atoms with E-state index >= 15 is 4.39 Å². The fourth-order valence-electron chi connectivity index (χ4n) is 4.78. The molecule has 0 saturated carbocycles. The molecule has 2 heterocycles. The number of benzene rings is 3. The van der Waals surface area contributed by atoms with Gasteiger partial charge >= 0.3 is 0 Å². The van der Waals surface area contributed by atoms with E-state index < -0.39 is 23.7 Å². The van der Waals surface area contributed by atoms with Crippen LogP contribution in [0.3, 0.4) is 0 Å². The molecule has 36 heavy (non-hydrogen) atoms. The van der Waals surface area contributed by atoms with Crippen LogP contribution < -0.4 is 24.3 Å². The molecule has 5 rings (SSSR count). The minimum absolute atomic E-state index is 0.233. The molecule has 2 atom stereocenters. The number of fused-ring (bicyclic) bond motifs is 2. The molecule has 9 heteroatoms. The van der Waals surface area contributed by atoms with Gasteiger partial charge in [-0.1, -0.05) is 18.2 Å². The molecule has 2 aliphatic rings. The summed E-state index contributed by atoms with van der Waals surface area (Å²) >= 11 is 0. The van der Waals surface area contributed by atoms with Crippen LogP contribution in [0.25, 0.3) is 0 Å². The van der Waals surface area contributed by atoms with Crippen molar-refractivity contribution < 1.29 is 32.9 Å². The molecular formula is C27H25FN2O6. The first-order valence-corrected chi connectivity index (χ1v) is 11.4. The Morgan fingerprint density at radius 2 is 1.67 bits per heavy atom. The number of nitrogens with one attached hydrogen (secondary N) is 1. The van der Waals surface area contributed by atoms with Crippen molar-refractivity contribution in [3.8, 4) is 23.0 Å². The van der Waals surface area contributed by atoms with Crippen molar-refractivity contribution >= 4 is 17.5 Å². The minimum atomic E-state index is -0.951. The largest absolute Gasteiger partial charge is 0.493 e. The Labute approximate surface area is 207 Å². The van der Waals surface area contributed by atoms with Crippen LogP contribution in [0.5, 0.6) is 23.0 Å². The number of rotatable bonds is 5. The van der Waals surface area contributed by atoms with Crippen molar-refractivity contribution in [2.24, 2.45) is 0 Å². The van der Waals surface area contributed by atoms with E-state index in [9.17, 15) is 9.59 Å². The van der Waals surface area contributed by atoms with Crippen LogP contribution in [0.2, 0.25) is 0 Å². The van der Waals surface area contributed by atoms with Gasteiger partial charge in [0.25, 0.3) is 5.91 Å². The molecule has 0 radical (unpaired) electrons. The van der Waals surface area contributed by atoms with E-state index in [1.807, 2.05) is 0 Å². The highest BCUT2D eigenvalue weighted by Crippen LogP contribution is 2.46. The van der Waals surface area contributed by atoms with Gasteiger partial charge in [-0.2, -0.15) is 0 Å². The molecular weight excluding hydrogens is 467 g/mol. The number of anilines is 1. The van der Waals surface area contributed by atoms with E-state index in [0.29, 0.717) is 47.5 Å². The van der Waals surface area contributed by atoms with Crippen LogP contribution in [-0.4, -0.2) is 51.2 Å². The van der Waals surface area contributed by atoms with Crippen molar-refractivity contribution in [3.05, 3.63) is 77.1 Å². The summed E-state index contributed by atoms with van der Waals surface area (Å²) in [6, 6.07) is 13.5. The van der Waals surface area contributed by atoms with E-state index in [1.54, 1.807) is 55.6 Å². The fraction of sp³-hybridized carbons (Fsp3) is 0.259. The van der Waals surface area contributed by atoms with Crippen LogP contribution in [0.15, 0.2) is 54.6 Å². The summed E-state index contributed by atoms with van der Waals surface area (Å²) in [5, 5.41) is 2.92. The molecule has 0 aromatic heterocycles. The molecule has 0 spiro atoms. The summed E-state index contributed by atoms with van der Waals surface area (Å²) in [5.74, 6) is -0.418. The summed E-state index contributed by atoms with van der Waals surface area (Å²) in [5.41, 5.74) is 1.42. The first-order valence-electron chi connectivity index (χ1n) is 11.4. The minimum Gasteiger partial charge on any atom is -0.493 e. The van der Waals surface area contributed by atoms with Gasteiger partial charge in [0.1, 0.15) is 19.0 Å². The topological polar surface area (TPSA) is 86.3 Å². The molecule has 2 aliphatic heterocycles. The van der Waals surface area contributed by atoms with Gasteiger partial charge in [0.2, 0.25) is 5.91 Å². The molecule has 8 nitrogen and oxygen atoms in total. The third kappa shape index (κ3) is 3.96. The predicted molar refractivity (Wildman–Crippen MR) is 130 cm³/mol. The number of carbonyl (C=O) groups is 2. The monoisotopic (exact) mass is 492 g/mol. The Balaban J connectivity index is 1.63. The zero-order valence-corrected chi connectivity index (χ0v) is 20.0. The molecule has 3 aromatic rings. The molecule has 0 aliphatic carbocycles. The lowest BCUT2D eigenvalue weighted by atomic mass is 9.79. The zero-order valence-electron chi connectivity index (χ0n) is 20.0. The lowest BCUT2D eigenvalue weighted by Gasteiger charge is -2.40. The number of amides is 2. The summed E-state index contributed by atoms with van der Waals surface area (Å²) < 4.78 is 37.0. The number of nitrogens with zero attached hydrogens (tertiary/aromatic N) is 1. The standard InChI is InChI=1S/C27H25FN2O6/c1-30-25(16-6-4-5-7-19(16)28)24(17-13-21(33-2)22(34-3)14-18(17)27(30)32)26(31)29-15-8-9-20-23(12-15)36-11-10-35-20/h4-9,12-14,24-25H,10-11H2,1-3H3,(H,29,31). The van der Waals surface area contributed by atoms with Gasteiger partial charge in [-0.25, -0.2) is 4.39 Å². The predicted octanol–water partition coefficient (Wildman–Crippen LogP) is 4.16. The number of ether oxygens (including phenoxy) is 4. The van der Waals surface area contributed by atoms with Crippen molar-refractivity contribution in [1.29, 1.82) is 0 Å². The molecule has 186 valence electrons. The summed E-state index contributed by atoms with van der Waals surface area (Å²) in [6.07, 6.45) is 0. The summed E-state index contributed by atoms with van der Waals surface area (Å²) in [4.78, 5) is 28.7. The van der Waals surface area contributed by atoms with E-state index in [4.69, 9.17) is 18.9 Å². The molecule has 0 bridgehead atoms. The van der Waals surface area contributed by atoms with E-state index in [1.165, 1.54) is 25.2 Å². The van der Waals surface area contributed by atoms with Crippen LogP contribution >= 0.6 is 0 Å². The lowest BCUT2D eigenvalue weighted by Crippen LogP contribution is -2.44. The maximum atomic E-state index is 15.0. The van der Waals surface area contributed by atoms with Crippen molar-refractivity contribution in [1.82, 2.24) is 4.90 Å². The Kier molecular flexibility index (Phi) is 6.13. The van der Waals surface area contributed by atoms with Crippen LogP contribution in [-0.2, 0) is 4.79 Å². The van der Waals surface area contributed by atoms with Crippen LogP contribution in [0, 0.1) is 5.82 Å². The van der Waals surface area contributed by atoms with E-state index in [-0.39, 0.29) is 17.0 Å². The summed E-state index contributed by atoms with van der Waals surface area (Å²) in [6.45, 7) is 0.859. The quantitative estimate of drug-likeness (QED) is 0.576. The highest BCUT2D eigenvalue weighted by molar-refractivity contribution is 6.05. The van der Waals surface area contributed by atoms with E-state index in [2.05, 4.69) is 5.32 Å². The second-order valence-corrected chi connectivity index (χ2v) is 8.50. The number of carbonyl (C=O) groups excluding carboxylic acids is 2. The van der Waals surface area contributed by atoms with Crippen LogP contribution in [0.1, 0.15) is 33.4 Å². The third-order valence-electron chi connectivity index (χ3n) is 6.49. The average molecular weight is 493 g/mol. The van der Waals surface area contributed by atoms with Gasteiger partial charge in [0, 0.05) is 29.9 Å². The maximum Gasteiger partial charge on any atom is 0.254 e. The normalized spacial score (nSPS) is 18.3. The Morgan fingerprint density at radius 1 is 0.972 bits per heavy atom. The molecule has 2 unspecified atom stereocenters. The highest BCUT2D eigenvalue weighted by atomic mass is 19.1. The summed E-state index contributed by atoms with van der Waals surface area (Å²) in [7, 11) is 4.50. The van der Waals surface area contributed by atoms with Gasteiger partial charge in [0.05, 0.1) is 26.2 Å². The fourth-order valence-corrected chi connectivity index (χ4v) is 4.78.